The minimum Gasteiger partial charge on any atom is -0.507 e. The molecule has 1 aromatic rings. The van der Waals surface area contributed by atoms with Crippen molar-refractivity contribution in [1.29, 1.82) is 0 Å². The van der Waals surface area contributed by atoms with E-state index in [-0.39, 0.29) is 17.9 Å². The molecule has 98 valence electrons. The molecule has 5 nitrogen and oxygen atoms in total. The summed E-state index contributed by atoms with van der Waals surface area (Å²) in [4.78, 5) is 23.0. The molecule has 1 unspecified atom stereocenters. The van der Waals surface area contributed by atoms with Gasteiger partial charge < -0.3 is 15.2 Å². The fourth-order valence-electron chi connectivity index (χ4n) is 1.32. The van der Waals surface area contributed by atoms with Crippen LogP contribution in [0.15, 0.2) is 18.2 Å². The number of amides is 1. The first-order valence-electron chi connectivity index (χ1n) is 5.25. The average molecular weight is 363 g/mol. The fraction of sp³-hybridized carbons (Fsp3) is 0.333. The van der Waals surface area contributed by atoms with Crippen LogP contribution >= 0.6 is 22.6 Å². The predicted octanol–water partition coefficient (Wildman–Crippen LogP) is 1.41. The van der Waals surface area contributed by atoms with Crippen molar-refractivity contribution in [2.24, 2.45) is 0 Å². The molecule has 1 atom stereocenters. The number of methoxy groups -OCH3 is 1. The lowest BCUT2D eigenvalue weighted by Gasteiger charge is -2.10. The molecular weight excluding hydrogens is 349 g/mol. The summed E-state index contributed by atoms with van der Waals surface area (Å²) in [5.41, 5.74) is 1.07. The van der Waals surface area contributed by atoms with Crippen LogP contribution in [0.3, 0.4) is 0 Å². The number of aromatic hydroxyl groups is 1. The summed E-state index contributed by atoms with van der Waals surface area (Å²) >= 11 is 1.88. The van der Waals surface area contributed by atoms with E-state index in [0.29, 0.717) is 0 Å². The van der Waals surface area contributed by atoms with Crippen LogP contribution in [0.2, 0.25) is 0 Å². The number of hydrogen-bond acceptors (Lipinski definition) is 4. The second-order valence-electron chi connectivity index (χ2n) is 3.72. The van der Waals surface area contributed by atoms with Crippen molar-refractivity contribution in [2.45, 2.75) is 10.8 Å². The minimum absolute atomic E-state index is 0.0822. The van der Waals surface area contributed by atoms with Gasteiger partial charge in [0.2, 0.25) is 0 Å². The summed E-state index contributed by atoms with van der Waals surface area (Å²) in [5, 5.41) is 12.1. The van der Waals surface area contributed by atoms with E-state index in [2.05, 4.69) is 10.1 Å². The number of nitrogens with one attached hydrogen (secondary N) is 1. The van der Waals surface area contributed by atoms with Crippen molar-refractivity contribution in [3.63, 3.8) is 0 Å². The van der Waals surface area contributed by atoms with Gasteiger partial charge in [-0.2, -0.15) is 0 Å². The minimum atomic E-state index is -0.455. The largest absolute Gasteiger partial charge is 0.507 e. The van der Waals surface area contributed by atoms with Crippen LogP contribution in [0.1, 0.15) is 15.9 Å². The Balaban J connectivity index is 2.66. The van der Waals surface area contributed by atoms with E-state index in [1.54, 1.807) is 12.1 Å². The number of rotatable bonds is 4. The number of phenols is 1. The summed E-state index contributed by atoms with van der Waals surface area (Å²) in [5.74, 6) is -0.896. The zero-order chi connectivity index (χ0) is 13.7. The zero-order valence-electron chi connectivity index (χ0n) is 10.1. The summed E-state index contributed by atoms with van der Waals surface area (Å²) in [6.07, 6.45) is 0. The molecule has 0 bridgehead atoms. The van der Waals surface area contributed by atoms with Gasteiger partial charge in [0.1, 0.15) is 9.67 Å². The fourth-order valence-corrected chi connectivity index (χ4v) is 1.79. The number of carbonyl (C=O) groups excluding carboxylic acids is 2. The quantitative estimate of drug-likeness (QED) is 0.482. The number of carbonyl (C=O) groups is 2. The van der Waals surface area contributed by atoms with Crippen LogP contribution in [0.5, 0.6) is 5.75 Å². The molecule has 0 aliphatic carbocycles. The summed E-state index contributed by atoms with van der Waals surface area (Å²) in [6.45, 7) is 1.98. The monoisotopic (exact) mass is 363 g/mol. The Labute approximate surface area is 119 Å². The van der Waals surface area contributed by atoms with E-state index in [4.69, 9.17) is 0 Å². The number of alkyl halides is 1. The lowest BCUT2D eigenvalue weighted by Crippen LogP contribution is -2.33. The van der Waals surface area contributed by atoms with E-state index in [1.165, 1.54) is 13.2 Å². The number of benzene rings is 1. The van der Waals surface area contributed by atoms with Gasteiger partial charge in [-0.1, -0.05) is 34.2 Å². The van der Waals surface area contributed by atoms with Crippen LogP contribution in [-0.4, -0.2) is 34.6 Å². The number of phenolic OH excluding ortho intramolecular Hbond substituents is 1. The van der Waals surface area contributed by atoms with Crippen LogP contribution in [0.25, 0.3) is 0 Å². The van der Waals surface area contributed by atoms with Gasteiger partial charge in [-0.15, -0.1) is 0 Å². The third-order valence-electron chi connectivity index (χ3n) is 2.30. The molecule has 0 aliphatic heterocycles. The van der Waals surface area contributed by atoms with Crippen molar-refractivity contribution in [3.8, 4) is 5.75 Å². The molecule has 18 heavy (non-hydrogen) atoms. The molecule has 0 saturated carbocycles. The molecule has 0 saturated heterocycles. The first-order valence-corrected chi connectivity index (χ1v) is 6.50. The molecule has 6 heteroatoms. The molecule has 0 fully saturated rings. The number of halogens is 1. The topological polar surface area (TPSA) is 75.6 Å². The average Bonchev–Trinajstić information content (AvgIpc) is 2.37. The van der Waals surface area contributed by atoms with Gasteiger partial charge in [0.05, 0.1) is 12.7 Å². The number of ether oxygens (including phenoxy) is 1. The maximum Gasteiger partial charge on any atom is 0.320 e. The van der Waals surface area contributed by atoms with Gasteiger partial charge in [0, 0.05) is 6.54 Å². The van der Waals surface area contributed by atoms with Crippen molar-refractivity contribution in [1.82, 2.24) is 5.32 Å². The highest BCUT2D eigenvalue weighted by molar-refractivity contribution is 14.1. The van der Waals surface area contributed by atoms with Gasteiger partial charge >= 0.3 is 5.97 Å². The lowest BCUT2D eigenvalue weighted by atomic mass is 10.1. The molecule has 2 N–H and O–H groups in total. The first-order chi connectivity index (χ1) is 8.45. The standard InChI is InChI=1S/C12H14INO4/c1-7-3-4-10(15)8(5-7)11(16)14-6-9(13)12(17)18-2/h3-5,9,15H,6H2,1-2H3,(H,14,16). The normalized spacial score (nSPS) is 11.7. The highest BCUT2D eigenvalue weighted by Gasteiger charge is 2.17. The Morgan fingerprint density at radius 1 is 1.50 bits per heavy atom. The van der Waals surface area contributed by atoms with E-state index in [9.17, 15) is 14.7 Å². The Bertz CT molecular complexity index is 461. The lowest BCUT2D eigenvalue weighted by molar-refractivity contribution is -0.139. The van der Waals surface area contributed by atoms with Gasteiger partial charge in [-0.05, 0) is 19.1 Å². The van der Waals surface area contributed by atoms with E-state index in [1.807, 2.05) is 29.5 Å². The third kappa shape index (κ3) is 3.86. The van der Waals surface area contributed by atoms with Gasteiger partial charge in [0.25, 0.3) is 5.91 Å². The Kier molecular flexibility index (Phi) is 5.39. The summed E-state index contributed by atoms with van der Waals surface area (Å²) in [7, 11) is 1.29. The molecule has 0 heterocycles. The van der Waals surface area contributed by atoms with Gasteiger partial charge in [0.15, 0.2) is 0 Å². The van der Waals surface area contributed by atoms with Crippen LogP contribution in [-0.2, 0) is 9.53 Å². The molecular formula is C12H14INO4. The number of aryl methyl sites for hydroxylation is 1. The van der Waals surface area contributed by atoms with Gasteiger partial charge in [-0.3, -0.25) is 9.59 Å². The molecule has 0 spiro atoms. The highest BCUT2D eigenvalue weighted by Crippen LogP contribution is 2.17. The molecule has 1 aromatic carbocycles. The molecule has 0 aromatic heterocycles. The van der Waals surface area contributed by atoms with Crippen molar-refractivity contribution >= 4 is 34.5 Å². The van der Waals surface area contributed by atoms with Crippen molar-refractivity contribution in [2.75, 3.05) is 13.7 Å². The highest BCUT2D eigenvalue weighted by atomic mass is 127. The molecule has 0 radical (unpaired) electrons. The summed E-state index contributed by atoms with van der Waals surface area (Å²) < 4.78 is 4.09. The maximum absolute atomic E-state index is 11.8. The zero-order valence-corrected chi connectivity index (χ0v) is 12.2. The Hall–Kier alpha value is -1.31. The van der Waals surface area contributed by atoms with E-state index in [0.717, 1.165) is 5.56 Å². The van der Waals surface area contributed by atoms with Crippen LogP contribution < -0.4 is 5.32 Å². The maximum atomic E-state index is 11.8. The van der Waals surface area contributed by atoms with Crippen molar-refractivity contribution < 1.29 is 19.4 Å². The molecule has 1 amide bonds. The van der Waals surface area contributed by atoms with Crippen LogP contribution in [0, 0.1) is 6.92 Å². The summed E-state index contributed by atoms with van der Waals surface area (Å²) in [6, 6.07) is 4.76. The van der Waals surface area contributed by atoms with E-state index < -0.39 is 15.8 Å². The molecule has 0 aliphatic rings. The van der Waals surface area contributed by atoms with Crippen LogP contribution in [0.4, 0.5) is 0 Å². The Morgan fingerprint density at radius 2 is 2.17 bits per heavy atom. The predicted molar refractivity (Wildman–Crippen MR) is 75.0 cm³/mol. The second-order valence-corrected chi connectivity index (χ2v) is 5.22. The van der Waals surface area contributed by atoms with E-state index >= 15 is 0 Å². The smallest absolute Gasteiger partial charge is 0.320 e. The van der Waals surface area contributed by atoms with Gasteiger partial charge in [-0.25, -0.2) is 0 Å². The first kappa shape index (κ1) is 14.7. The second kappa shape index (κ2) is 6.58. The third-order valence-corrected chi connectivity index (χ3v) is 3.24. The Morgan fingerprint density at radius 3 is 2.78 bits per heavy atom. The molecule has 1 rings (SSSR count). The van der Waals surface area contributed by atoms with Crippen molar-refractivity contribution in [3.05, 3.63) is 29.3 Å². The number of esters is 1. The number of hydrogen-bond donors (Lipinski definition) is 2. The SMILES string of the molecule is COC(=O)C(I)CNC(=O)c1cc(C)ccc1O.